The highest BCUT2D eigenvalue weighted by atomic mass is 16.6. The number of piperidine rings is 1. The molecule has 0 bridgehead atoms. The maximum Gasteiger partial charge on any atom is 0.409 e. The van der Waals surface area contributed by atoms with Crippen LogP contribution < -0.4 is 0 Å². The molecule has 1 amide bonds. The first-order valence-electron chi connectivity index (χ1n) is 6.34. The van der Waals surface area contributed by atoms with Crippen molar-refractivity contribution in [2.45, 2.75) is 26.7 Å². The number of ether oxygens (including phenoxy) is 2. The highest BCUT2D eigenvalue weighted by Crippen LogP contribution is 2.21. The van der Waals surface area contributed by atoms with Crippen molar-refractivity contribution in [1.82, 2.24) is 4.90 Å². The van der Waals surface area contributed by atoms with Gasteiger partial charge >= 0.3 is 12.1 Å². The van der Waals surface area contributed by atoms with Gasteiger partial charge in [0, 0.05) is 13.1 Å². The Bertz CT molecular complexity index is 413. The van der Waals surface area contributed by atoms with E-state index in [2.05, 4.69) is 0 Å². The molecular formula is C13H18N2O4. The third-order valence-corrected chi connectivity index (χ3v) is 2.84. The topological polar surface area (TPSA) is 79.6 Å². The molecule has 0 unspecified atom stereocenters. The van der Waals surface area contributed by atoms with Crippen LogP contribution >= 0.6 is 0 Å². The Hall–Kier alpha value is -2.03. The van der Waals surface area contributed by atoms with Gasteiger partial charge in [-0.05, 0) is 32.3 Å². The van der Waals surface area contributed by atoms with Gasteiger partial charge in [0.15, 0.2) is 0 Å². The number of carbonyl (C=O) groups excluding carboxylic acids is 2. The minimum Gasteiger partial charge on any atom is -0.462 e. The van der Waals surface area contributed by atoms with Crippen molar-refractivity contribution in [3.63, 3.8) is 0 Å². The second-order valence-electron chi connectivity index (χ2n) is 4.00. The number of amides is 1. The average Bonchev–Trinajstić information content (AvgIpc) is 2.41. The summed E-state index contributed by atoms with van der Waals surface area (Å²) in [5.74, 6) is -0.579. The van der Waals surface area contributed by atoms with E-state index in [9.17, 15) is 9.59 Å². The summed E-state index contributed by atoms with van der Waals surface area (Å²) in [6.07, 6.45) is 0.650. The molecule has 0 saturated carbocycles. The number of hydrogen-bond acceptors (Lipinski definition) is 5. The average molecular weight is 266 g/mol. The van der Waals surface area contributed by atoms with Crippen molar-refractivity contribution in [2.24, 2.45) is 0 Å². The Labute approximate surface area is 112 Å². The first-order valence-corrected chi connectivity index (χ1v) is 6.34. The van der Waals surface area contributed by atoms with E-state index in [1.807, 2.05) is 6.07 Å². The molecule has 1 aliphatic heterocycles. The molecule has 6 heteroatoms. The summed E-state index contributed by atoms with van der Waals surface area (Å²) in [5.41, 5.74) is 0.826. The zero-order valence-corrected chi connectivity index (χ0v) is 11.3. The molecule has 1 saturated heterocycles. The van der Waals surface area contributed by atoms with Crippen molar-refractivity contribution in [2.75, 3.05) is 26.3 Å². The van der Waals surface area contributed by atoms with Gasteiger partial charge in [-0.1, -0.05) is 0 Å². The summed E-state index contributed by atoms with van der Waals surface area (Å²) in [5, 5.41) is 9.02. The van der Waals surface area contributed by atoms with Crippen molar-refractivity contribution in [1.29, 1.82) is 5.26 Å². The molecule has 0 aliphatic carbocycles. The lowest BCUT2D eigenvalue weighted by atomic mass is 9.99. The molecule has 0 aromatic rings. The van der Waals surface area contributed by atoms with Crippen LogP contribution in [0.15, 0.2) is 11.1 Å². The second kappa shape index (κ2) is 7.41. The molecule has 0 radical (unpaired) electrons. The molecule has 0 spiro atoms. The van der Waals surface area contributed by atoms with Crippen LogP contribution in [0.3, 0.4) is 0 Å². The Balaban J connectivity index is 2.67. The lowest BCUT2D eigenvalue weighted by Gasteiger charge is -2.27. The minimum atomic E-state index is -0.579. The molecule has 0 N–H and O–H groups in total. The Morgan fingerprint density at radius 1 is 1.21 bits per heavy atom. The third kappa shape index (κ3) is 3.98. The second-order valence-corrected chi connectivity index (χ2v) is 4.00. The lowest BCUT2D eigenvalue weighted by molar-refractivity contribution is -0.138. The van der Waals surface area contributed by atoms with Crippen molar-refractivity contribution >= 4 is 12.1 Å². The largest absolute Gasteiger partial charge is 0.462 e. The van der Waals surface area contributed by atoms with Gasteiger partial charge in [0.25, 0.3) is 0 Å². The molecule has 1 aliphatic rings. The molecule has 0 aromatic heterocycles. The summed E-state index contributed by atoms with van der Waals surface area (Å²) < 4.78 is 9.74. The zero-order chi connectivity index (χ0) is 14.3. The predicted molar refractivity (Wildman–Crippen MR) is 67.1 cm³/mol. The smallest absolute Gasteiger partial charge is 0.409 e. The molecule has 0 aromatic carbocycles. The van der Waals surface area contributed by atoms with Gasteiger partial charge in [-0.2, -0.15) is 5.26 Å². The maximum absolute atomic E-state index is 11.6. The molecular weight excluding hydrogens is 248 g/mol. The van der Waals surface area contributed by atoms with Crippen LogP contribution in [0.1, 0.15) is 26.7 Å². The third-order valence-electron chi connectivity index (χ3n) is 2.84. The molecule has 19 heavy (non-hydrogen) atoms. The lowest BCUT2D eigenvalue weighted by Crippen LogP contribution is -2.37. The van der Waals surface area contributed by atoms with Gasteiger partial charge < -0.3 is 14.4 Å². The van der Waals surface area contributed by atoms with Crippen LogP contribution in [0.25, 0.3) is 0 Å². The highest BCUT2D eigenvalue weighted by Gasteiger charge is 2.24. The number of hydrogen-bond donors (Lipinski definition) is 0. The van der Waals surface area contributed by atoms with Crippen LogP contribution in [0.2, 0.25) is 0 Å². The van der Waals surface area contributed by atoms with E-state index < -0.39 is 5.97 Å². The normalized spacial score (nSPS) is 14.6. The number of nitrogens with zero attached hydrogens (tertiary/aromatic N) is 2. The monoisotopic (exact) mass is 266 g/mol. The fraction of sp³-hybridized carbons (Fsp3) is 0.615. The first kappa shape index (κ1) is 15.0. The zero-order valence-electron chi connectivity index (χ0n) is 11.3. The SMILES string of the molecule is CCOC(=O)C(C#N)=C1CCN(C(=O)OCC)CC1. The van der Waals surface area contributed by atoms with Crippen LogP contribution in [0, 0.1) is 11.3 Å². The van der Waals surface area contributed by atoms with E-state index in [1.165, 1.54) is 0 Å². The first-order chi connectivity index (χ1) is 9.13. The van der Waals surface area contributed by atoms with E-state index in [0.717, 1.165) is 5.57 Å². The van der Waals surface area contributed by atoms with E-state index in [4.69, 9.17) is 14.7 Å². The van der Waals surface area contributed by atoms with Gasteiger partial charge in [-0.25, -0.2) is 9.59 Å². The van der Waals surface area contributed by atoms with Crippen LogP contribution in [-0.4, -0.2) is 43.3 Å². The number of nitriles is 1. The van der Waals surface area contributed by atoms with Crippen LogP contribution in [0.5, 0.6) is 0 Å². The van der Waals surface area contributed by atoms with Crippen molar-refractivity contribution in [3.05, 3.63) is 11.1 Å². The summed E-state index contributed by atoms with van der Waals surface area (Å²) in [6, 6.07) is 1.90. The van der Waals surface area contributed by atoms with Gasteiger partial charge in [-0.3, -0.25) is 0 Å². The standard InChI is InChI=1S/C13H18N2O4/c1-3-18-12(16)11(9-14)10-5-7-15(8-6-10)13(17)19-4-2/h3-8H2,1-2H3. The molecule has 0 atom stereocenters. The fourth-order valence-corrected chi connectivity index (χ4v) is 1.90. The Kier molecular flexibility index (Phi) is 5.86. The predicted octanol–water partition coefficient (Wildman–Crippen LogP) is 1.62. The van der Waals surface area contributed by atoms with Gasteiger partial charge in [-0.15, -0.1) is 0 Å². The van der Waals surface area contributed by atoms with E-state index in [-0.39, 0.29) is 18.3 Å². The van der Waals surface area contributed by atoms with Gasteiger partial charge in [0.05, 0.1) is 13.2 Å². The molecule has 1 rings (SSSR count). The Morgan fingerprint density at radius 2 is 1.79 bits per heavy atom. The Morgan fingerprint density at radius 3 is 2.26 bits per heavy atom. The minimum absolute atomic E-state index is 0.0744. The summed E-state index contributed by atoms with van der Waals surface area (Å²) in [7, 11) is 0. The van der Waals surface area contributed by atoms with Crippen molar-refractivity contribution in [3.8, 4) is 6.07 Å². The molecule has 6 nitrogen and oxygen atoms in total. The van der Waals surface area contributed by atoms with Crippen LogP contribution in [-0.2, 0) is 14.3 Å². The van der Waals surface area contributed by atoms with Crippen LogP contribution in [0.4, 0.5) is 4.79 Å². The number of esters is 1. The summed E-state index contributed by atoms with van der Waals surface area (Å²) in [4.78, 5) is 24.7. The van der Waals surface area contributed by atoms with Gasteiger partial charge in [0.1, 0.15) is 11.6 Å². The van der Waals surface area contributed by atoms with Crippen molar-refractivity contribution < 1.29 is 19.1 Å². The number of likely N-dealkylation sites (tertiary alicyclic amines) is 1. The molecule has 1 heterocycles. The van der Waals surface area contributed by atoms with E-state index >= 15 is 0 Å². The maximum atomic E-state index is 11.6. The highest BCUT2D eigenvalue weighted by molar-refractivity contribution is 5.93. The number of carbonyl (C=O) groups is 2. The quantitative estimate of drug-likeness (QED) is 0.440. The van der Waals surface area contributed by atoms with E-state index in [1.54, 1.807) is 18.7 Å². The number of rotatable bonds is 3. The fourth-order valence-electron chi connectivity index (χ4n) is 1.90. The van der Waals surface area contributed by atoms with Gasteiger partial charge in [0.2, 0.25) is 0 Å². The summed E-state index contributed by atoms with van der Waals surface area (Å²) in [6.45, 7) is 4.94. The molecule has 1 fully saturated rings. The summed E-state index contributed by atoms with van der Waals surface area (Å²) >= 11 is 0. The molecule has 104 valence electrons. The van der Waals surface area contributed by atoms with E-state index in [0.29, 0.717) is 32.5 Å².